The lowest BCUT2D eigenvalue weighted by Crippen LogP contribution is -2.89. The maximum absolute atomic E-state index is 6.85. The van der Waals surface area contributed by atoms with Crippen molar-refractivity contribution in [3.8, 4) is 0 Å². The summed E-state index contributed by atoms with van der Waals surface area (Å²) in [5.41, 5.74) is 2.64. The van der Waals surface area contributed by atoms with E-state index in [0.29, 0.717) is 6.04 Å². The maximum Gasteiger partial charge on any atom is 0.193 e. The third-order valence-corrected chi connectivity index (χ3v) is 9.86. The molecule has 0 aliphatic rings. The molecule has 2 aromatic rings. The van der Waals surface area contributed by atoms with Gasteiger partial charge in [0.15, 0.2) is 8.32 Å². The lowest BCUT2D eigenvalue weighted by atomic mass is 10.0. The standard InChI is InChI=1S/C22H33NOSi/c1-18(23-17-19-13-9-7-10-14-19)21(20-15-11-8-12-16-20)24-25(5,6)22(2,3)4/h7-16,18,21,23H,17H2,1-6H3/p+1/t18-,21-/m0/s1. The van der Waals surface area contributed by atoms with Crippen molar-refractivity contribution in [1.82, 2.24) is 0 Å². The molecular formula is C22H34NOSi+. The molecule has 0 aliphatic carbocycles. The zero-order valence-corrected chi connectivity index (χ0v) is 17.6. The van der Waals surface area contributed by atoms with E-state index in [1.54, 1.807) is 0 Å². The van der Waals surface area contributed by atoms with Gasteiger partial charge in [-0.25, -0.2) is 0 Å². The van der Waals surface area contributed by atoms with E-state index in [0.717, 1.165) is 6.54 Å². The fourth-order valence-corrected chi connectivity index (χ4v) is 4.01. The van der Waals surface area contributed by atoms with Gasteiger partial charge in [0.1, 0.15) is 18.7 Å². The zero-order chi connectivity index (χ0) is 18.5. The maximum atomic E-state index is 6.85. The molecule has 0 saturated carbocycles. The minimum absolute atomic E-state index is 0.116. The van der Waals surface area contributed by atoms with Crippen LogP contribution in [0.5, 0.6) is 0 Å². The monoisotopic (exact) mass is 356 g/mol. The van der Waals surface area contributed by atoms with Gasteiger partial charge >= 0.3 is 0 Å². The highest BCUT2D eigenvalue weighted by atomic mass is 28.4. The fraction of sp³-hybridized carbons (Fsp3) is 0.455. The largest absolute Gasteiger partial charge is 0.404 e. The summed E-state index contributed by atoms with van der Waals surface area (Å²) >= 11 is 0. The van der Waals surface area contributed by atoms with Crippen LogP contribution in [-0.2, 0) is 11.0 Å². The van der Waals surface area contributed by atoms with Crippen molar-refractivity contribution in [2.75, 3.05) is 0 Å². The van der Waals surface area contributed by atoms with Crippen LogP contribution in [0, 0.1) is 0 Å². The summed E-state index contributed by atoms with van der Waals surface area (Å²) in [7, 11) is -1.84. The molecule has 3 heteroatoms. The minimum atomic E-state index is -1.84. The third-order valence-electron chi connectivity index (χ3n) is 5.40. The Balaban J connectivity index is 2.17. The first-order valence-electron chi connectivity index (χ1n) is 9.31. The first kappa shape index (κ1) is 19.9. The SMILES string of the molecule is C[C@H]([NH2+]Cc1ccccc1)[C@H](O[Si](C)(C)C(C)(C)C)c1ccccc1. The van der Waals surface area contributed by atoms with E-state index >= 15 is 0 Å². The number of hydrogen-bond donors (Lipinski definition) is 1. The number of hydrogen-bond acceptors (Lipinski definition) is 1. The van der Waals surface area contributed by atoms with E-state index in [1.165, 1.54) is 11.1 Å². The second kappa shape index (κ2) is 8.30. The first-order valence-corrected chi connectivity index (χ1v) is 12.2. The second-order valence-electron chi connectivity index (χ2n) is 8.49. The predicted octanol–water partition coefficient (Wildman–Crippen LogP) is 4.90. The summed E-state index contributed by atoms with van der Waals surface area (Å²) in [5, 5.41) is 2.61. The Bertz CT molecular complexity index is 634. The molecule has 2 atom stereocenters. The van der Waals surface area contributed by atoms with Crippen LogP contribution < -0.4 is 5.32 Å². The highest BCUT2D eigenvalue weighted by Crippen LogP contribution is 2.40. The van der Waals surface area contributed by atoms with E-state index in [-0.39, 0.29) is 11.1 Å². The smallest absolute Gasteiger partial charge is 0.193 e. The molecule has 0 amide bonds. The molecule has 0 saturated heterocycles. The van der Waals surface area contributed by atoms with Crippen LogP contribution >= 0.6 is 0 Å². The third kappa shape index (κ3) is 5.53. The highest BCUT2D eigenvalue weighted by molar-refractivity contribution is 6.74. The lowest BCUT2D eigenvalue weighted by molar-refractivity contribution is -0.708. The van der Waals surface area contributed by atoms with E-state index in [9.17, 15) is 0 Å². The molecular weight excluding hydrogens is 322 g/mol. The van der Waals surface area contributed by atoms with Crippen molar-refractivity contribution in [2.45, 2.75) is 64.5 Å². The normalized spacial score (nSPS) is 15.0. The summed E-state index contributed by atoms with van der Waals surface area (Å²) in [5.74, 6) is 0. The lowest BCUT2D eigenvalue weighted by Gasteiger charge is -2.40. The van der Waals surface area contributed by atoms with Crippen LogP contribution in [0.1, 0.15) is 44.9 Å². The molecule has 25 heavy (non-hydrogen) atoms. The average Bonchev–Trinajstić information content (AvgIpc) is 2.58. The van der Waals surface area contributed by atoms with Crippen molar-refractivity contribution >= 4 is 8.32 Å². The van der Waals surface area contributed by atoms with Crippen molar-refractivity contribution < 1.29 is 9.74 Å². The van der Waals surface area contributed by atoms with Gasteiger partial charge in [0.05, 0.1) is 0 Å². The van der Waals surface area contributed by atoms with Crippen molar-refractivity contribution in [3.05, 3.63) is 71.8 Å². The Morgan fingerprint density at radius 2 is 1.44 bits per heavy atom. The van der Waals surface area contributed by atoms with E-state index in [4.69, 9.17) is 4.43 Å². The highest BCUT2D eigenvalue weighted by Gasteiger charge is 2.41. The average molecular weight is 357 g/mol. The molecule has 2 N–H and O–H groups in total. The van der Waals surface area contributed by atoms with E-state index in [2.05, 4.69) is 107 Å². The second-order valence-corrected chi connectivity index (χ2v) is 13.3. The summed E-state index contributed by atoms with van der Waals surface area (Å²) in [6.45, 7) is 14.9. The van der Waals surface area contributed by atoms with Gasteiger partial charge in [0.25, 0.3) is 0 Å². The molecule has 2 aromatic carbocycles. The quantitative estimate of drug-likeness (QED) is 0.701. The first-order chi connectivity index (χ1) is 11.7. The van der Waals surface area contributed by atoms with Crippen molar-refractivity contribution in [1.29, 1.82) is 0 Å². The Hall–Kier alpha value is -1.42. The van der Waals surface area contributed by atoms with Crippen LogP contribution in [0.25, 0.3) is 0 Å². The van der Waals surface area contributed by atoms with Crippen LogP contribution in [0.3, 0.4) is 0 Å². The molecule has 0 unspecified atom stereocenters. The molecule has 136 valence electrons. The molecule has 0 fully saturated rings. The molecule has 0 spiro atoms. The van der Waals surface area contributed by atoms with Gasteiger partial charge in [-0.15, -0.1) is 0 Å². The molecule has 0 aromatic heterocycles. The van der Waals surface area contributed by atoms with Crippen molar-refractivity contribution in [3.63, 3.8) is 0 Å². The Labute approximate surface area is 154 Å². The van der Waals surface area contributed by atoms with Crippen LogP contribution in [0.4, 0.5) is 0 Å². The fourth-order valence-electron chi connectivity index (χ4n) is 2.68. The van der Waals surface area contributed by atoms with Crippen LogP contribution in [0.15, 0.2) is 60.7 Å². The summed E-state index contributed by atoms with van der Waals surface area (Å²) in [6.07, 6.45) is 0.116. The van der Waals surface area contributed by atoms with Crippen LogP contribution in [0.2, 0.25) is 18.1 Å². The Kier molecular flexibility index (Phi) is 6.61. The van der Waals surface area contributed by atoms with Crippen LogP contribution in [-0.4, -0.2) is 14.4 Å². The van der Waals surface area contributed by atoms with E-state index < -0.39 is 8.32 Å². The summed E-state index contributed by atoms with van der Waals surface area (Å²) in [6, 6.07) is 21.7. The number of rotatable bonds is 7. The van der Waals surface area contributed by atoms with Crippen molar-refractivity contribution in [2.24, 2.45) is 0 Å². The summed E-state index contributed by atoms with van der Waals surface area (Å²) in [4.78, 5) is 0. The molecule has 0 heterocycles. The van der Waals surface area contributed by atoms with Gasteiger partial charge in [-0.2, -0.15) is 0 Å². The Morgan fingerprint density at radius 1 is 0.920 bits per heavy atom. The number of benzene rings is 2. The van der Waals surface area contributed by atoms with Gasteiger partial charge < -0.3 is 9.74 Å². The molecule has 2 rings (SSSR count). The Morgan fingerprint density at radius 3 is 1.96 bits per heavy atom. The molecule has 0 radical (unpaired) electrons. The van der Waals surface area contributed by atoms with Gasteiger partial charge in [0.2, 0.25) is 0 Å². The van der Waals surface area contributed by atoms with Gasteiger partial charge in [-0.1, -0.05) is 81.4 Å². The molecule has 0 bridgehead atoms. The number of quaternary nitrogens is 1. The predicted molar refractivity (Wildman–Crippen MR) is 109 cm³/mol. The number of nitrogens with two attached hydrogens (primary N) is 1. The van der Waals surface area contributed by atoms with Gasteiger partial charge in [-0.05, 0) is 30.6 Å². The van der Waals surface area contributed by atoms with E-state index in [1.807, 2.05) is 0 Å². The summed E-state index contributed by atoms with van der Waals surface area (Å²) < 4.78 is 6.85. The zero-order valence-electron chi connectivity index (χ0n) is 16.6. The van der Waals surface area contributed by atoms with Gasteiger partial charge in [0, 0.05) is 5.56 Å². The molecule has 2 nitrogen and oxygen atoms in total. The molecule has 0 aliphatic heterocycles. The topological polar surface area (TPSA) is 25.8 Å². The minimum Gasteiger partial charge on any atom is -0.404 e. The van der Waals surface area contributed by atoms with Gasteiger partial charge in [-0.3, -0.25) is 0 Å².